The van der Waals surface area contributed by atoms with Crippen molar-refractivity contribution < 1.29 is 17.9 Å². The SMILES string of the molecule is COc1cccc(/C=N\NC(=O)CN(C)S(=O)(=O)c2cc(Cl)ccc2Cl)c1. The molecule has 0 saturated carbocycles. The summed E-state index contributed by atoms with van der Waals surface area (Å²) in [5.41, 5.74) is 2.98. The van der Waals surface area contributed by atoms with Crippen LogP contribution in [-0.2, 0) is 14.8 Å². The van der Waals surface area contributed by atoms with Crippen molar-refractivity contribution in [2.75, 3.05) is 20.7 Å². The Kier molecular flexibility index (Phi) is 7.20. The van der Waals surface area contributed by atoms with E-state index in [-0.39, 0.29) is 14.9 Å². The lowest BCUT2D eigenvalue weighted by molar-refractivity contribution is -0.121. The molecule has 0 heterocycles. The highest BCUT2D eigenvalue weighted by molar-refractivity contribution is 7.89. The van der Waals surface area contributed by atoms with Gasteiger partial charge >= 0.3 is 0 Å². The molecule has 0 spiro atoms. The number of hydrazone groups is 1. The number of benzene rings is 2. The number of ether oxygens (including phenoxy) is 1. The lowest BCUT2D eigenvalue weighted by Gasteiger charge is -2.17. The summed E-state index contributed by atoms with van der Waals surface area (Å²) in [5, 5.41) is 4.05. The van der Waals surface area contributed by atoms with Gasteiger partial charge < -0.3 is 4.74 Å². The van der Waals surface area contributed by atoms with E-state index in [1.54, 1.807) is 31.4 Å². The highest BCUT2D eigenvalue weighted by atomic mass is 35.5. The summed E-state index contributed by atoms with van der Waals surface area (Å²) in [6.45, 7) is -0.444. The van der Waals surface area contributed by atoms with Gasteiger partial charge in [-0.05, 0) is 35.9 Å². The third kappa shape index (κ3) is 5.67. The Hall–Kier alpha value is -2.13. The van der Waals surface area contributed by atoms with Crippen molar-refractivity contribution in [2.24, 2.45) is 5.10 Å². The van der Waals surface area contributed by atoms with Crippen molar-refractivity contribution >= 4 is 45.3 Å². The lowest BCUT2D eigenvalue weighted by Crippen LogP contribution is -2.36. The average Bonchev–Trinajstić information content (AvgIpc) is 2.63. The molecule has 1 amide bonds. The molecule has 10 heteroatoms. The molecule has 1 N–H and O–H groups in total. The van der Waals surface area contributed by atoms with Crippen LogP contribution < -0.4 is 10.2 Å². The summed E-state index contributed by atoms with van der Waals surface area (Å²) in [6, 6.07) is 11.1. The van der Waals surface area contributed by atoms with Crippen LogP contribution in [0.4, 0.5) is 0 Å². The molecule has 0 unspecified atom stereocenters. The minimum atomic E-state index is -3.99. The topological polar surface area (TPSA) is 88.1 Å². The Balaban J connectivity index is 2.02. The summed E-state index contributed by atoms with van der Waals surface area (Å²) < 4.78 is 31.1. The van der Waals surface area contributed by atoms with E-state index in [0.29, 0.717) is 11.3 Å². The first-order chi connectivity index (χ1) is 12.7. The van der Waals surface area contributed by atoms with Gasteiger partial charge in [-0.3, -0.25) is 4.79 Å². The van der Waals surface area contributed by atoms with Crippen LogP contribution in [0.3, 0.4) is 0 Å². The average molecular weight is 430 g/mol. The number of carbonyl (C=O) groups excluding carboxylic acids is 1. The smallest absolute Gasteiger partial charge is 0.255 e. The van der Waals surface area contributed by atoms with E-state index in [4.69, 9.17) is 27.9 Å². The van der Waals surface area contributed by atoms with E-state index < -0.39 is 22.5 Å². The van der Waals surface area contributed by atoms with Gasteiger partial charge in [0, 0.05) is 12.1 Å². The van der Waals surface area contributed by atoms with Gasteiger partial charge in [-0.1, -0.05) is 35.3 Å². The fourth-order valence-electron chi connectivity index (χ4n) is 2.07. The van der Waals surface area contributed by atoms with Crippen LogP contribution in [0.2, 0.25) is 10.0 Å². The van der Waals surface area contributed by atoms with Crippen LogP contribution in [0.15, 0.2) is 52.5 Å². The zero-order valence-electron chi connectivity index (χ0n) is 14.5. The van der Waals surface area contributed by atoms with Crippen LogP contribution in [0.5, 0.6) is 5.75 Å². The number of hydrogen-bond acceptors (Lipinski definition) is 5. The Labute approximate surface area is 167 Å². The number of carbonyl (C=O) groups is 1. The molecule has 0 aromatic heterocycles. The predicted molar refractivity (Wildman–Crippen MR) is 105 cm³/mol. The maximum absolute atomic E-state index is 12.6. The van der Waals surface area contributed by atoms with Gasteiger partial charge in [0.2, 0.25) is 10.0 Å². The molecular formula is C17H17Cl2N3O4S. The number of methoxy groups -OCH3 is 1. The monoisotopic (exact) mass is 429 g/mol. The van der Waals surface area contributed by atoms with Gasteiger partial charge in [0.25, 0.3) is 5.91 Å². The van der Waals surface area contributed by atoms with Gasteiger partial charge in [-0.25, -0.2) is 13.8 Å². The van der Waals surface area contributed by atoms with E-state index >= 15 is 0 Å². The first-order valence-corrected chi connectivity index (χ1v) is 9.81. The summed E-state index contributed by atoms with van der Waals surface area (Å²) in [4.78, 5) is 11.8. The Morgan fingerprint density at radius 3 is 2.70 bits per heavy atom. The molecule has 0 aliphatic carbocycles. The zero-order chi connectivity index (χ0) is 20.0. The number of nitrogens with one attached hydrogen (secondary N) is 1. The summed E-state index contributed by atoms with van der Waals surface area (Å²) in [7, 11) is -1.18. The molecule has 2 rings (SSSR count). The molecule has 2 aromatic rings. The predicted octanol–water partition coefficient (Wildman–Crippen LogP) is 2.77. The van der Waals surface area contributed by atoms with E-state index in [2.05, 4.69) is 10.5 Å². The van der Waals surface area contributed by atoms with E-state index in [0.717, 1.165) is 4.31 Å². The van der Waals surface area contributed by atoms with Crippen molar-refractivity contribution in [3.8, 4) is 5.75 Å². The van der Waals surface area contributed by atoms with Crippen molar-refractivity contribution in [3.63, 3.8) is 0 Å². The summed E-state index contributed by atoms with van der Waals surface area (Å²) >= 11 is 11.8. The zero-order valence-corrected chi connectivity index (χ0v) is 16.8. The highest BCUT2D eigenvalue weighted by Gasteiger charge is 2.25. The van der Waals surface area contributed by atoms with Crippen molar-refractivity contribution in [1.29, 1.82) is 0 Å². The van der Waals surface area contributed by atoms with Crippen molar-refractivity contribution in [1.82, 2.24) is 9.73 Å². The second-order valence-electron chi connectivity index (χ2n) is 5.41. The van der Waals surface area contributed by atoms with Crippen molar-refractivity contribution in [3.05, 3.63) is 58.1 Å². The molecule has 0 fully saturated rings. The third-order valence-corrected chi connectivity index (χ3v) is 5.96. The lowest BCUT2D eigenvalue weighted by atomic mass is 10.2. The molecule has 0 aliphatic heterocycles. The summed E-state index contributed by atoms with van der Waals surface area (Å²) in [5.74, 6) is 0.0351. The third-order valence-electron chi connectivity index (χ3n) is 3.44. The molecular weight excluding hydrogens is 413 g/mol. The molecule has 0 atom stereocenters. The number of hydrogen-bond donors (Lipinski definition) is 1. The second-order valence-corrected chi connectivity index (χ2v) is 8.26. The molecule has 0 bridgehead atoms. The highest BCUT2D eigenvalue weighted by Crippen LogP contribution is 2.27. The van der Waals surface area contributed by atoms with Gasteiger partial charge in [0.15, 0.2) is 0 Å². The number of likely N-dealkylation sites (N-methyl/N-ethyl adjacent to an activating group) is 1. The molecule has 27 heavy (non-hydrogen) atoms. The quantitative estimate of drug-likeness (QED) is 0.541. The van der Waals surface area contributed by atoms with Crippen LogP contribution in [0, 0.1) is 0 Å². The fourth-order valence-corrected chi connectivity index (χ4v) is 3.93. The molecule has 0 aliphatic rings. The molecule has 144 valence electrons. The minimum absolute atomic E-state index is 0.0164. The molecule has 2 aromatic carbocycles. The molecule has 0 saturated heterocycles. The molecule has 0 radical (unpaired) electrons. The minimum Gasteiger partial charge on any atom is -0.497 e. The van der Waals surface area contributed by atoms with E-state index in [1.165, 1.54) is 31.5 Å². The Bertz CT molecular complexity index is 964. The van der Waals surface area contributed by atoms with Crippen molar-refractivity contribution in [2.45, 2.75) is 4.90 Å². The van der Waals surface area contributed by atoms with Crippen LogP contribution in [0.1, 0.15) is 5.56 Å². The second kappa shape index (κ2) is 9.18. The number of sulfonamides is 1. The Morgan fingerprint density at radius 2 is 2.00 bits per heavy atom. The summed E-state index contributed by atoms with van der Waals surface area (Å²) in [6.07, 6.45) is 1.42. The van der Waals surface area contributed by atoms with Gasteiger partial charge in [0.05, 0.1) is 24.9 Å². The number of nitrogens with zero attached hydrogens (tertiary/aromatic N) is 2. The fraction of sp³-hybridized carbons (Fsp3) is 0.176. The van der Waals surface area contributed by atoms with Crippen LogP contribution >= 0.6 is 23.2 Å². The number of halogens is 2. The maximum atomic E-state index is 12.6. The maximum Gasteiger partial charge on any atom is 0.255 e. The molecule has 7 nitrogen and oxygen atoms in total. The largest absolute Gasteiger partial charge is 0.497 e. The van der Waals surface area contributed by atoms with E-state index in [1.807, 2.05) is 0 Å². The van der Waals surface area contributed by atoms with Gasteiger partial charge in [0.1, 0.15) is 10.6 Å². The van der Waals surface area contributed by atoms with E-state index in [9.17, 15) is 13.2 Å². The first kappa shape index (κ1) is 21.2. The Morgan fingerprint density at radius 1 is 1.26 bits per heavy atom. The standard InChI is InChI=1S/C17H17Cl2N3O4S/c1-22(27(24,25)16-9-13(18)6-7-15(16)19)11-17(23)21-20-10-12-4-3-5-14(8-12)26-2/h3-10H,11H2,1-2H3,(H,21,23)/b20-10-. The van der Waals surface area contributed by atoms with Gasteiger partial charge in [-0.15, -0.1) is 0 Å². The number of rotatable bonds is 7. The number of amides is 1. The van der Waals surface area contributed by atoms with Crippen LogP contribution in [0.25, 0.3) is 0 Å². The normalized spacial score (nSPS) is 11.7. The first-order valence-electron chi connectivity index (χ1n) is 7.61. The van der Waals surface area contributed by atoms with Gasteiger partial charge in [-0.2, -0.15) is 9.41 Å². The van der Waals surface area contributed by atoms with Crippen LogP contribution in [-0.4, -0.2) is 45.5 Å².